The maximum absolute atomic E-state index is 12.6. The number of pyridine rings is 1. The zero-order chi connectivity index (χ0) is 19.1. The van der Waals surface area contributed by atoms with E-state index in [0.717, 1.165) is 4.31 Å². The van der Waals surface area contributed by atoms with Crippen LogP contribution in [0.4, 0.5) is 0 Å². The highest BCUT2D eigenvalue weighted by Crippen LogP contribution is 2.37. The van der Waals surface area contributed by atoms with E-state index in [1.807, 2.05) is 0 Å². The number of benzene rings is 1. The molecule has 1 aliphatic rings. The molecule has 1 aliphatic heterocycles. The van der Waals surface area contributed by atoms with E-state index in [2.05, 4.69) is 4.98 Å². The Morgan fingerprint density at radius 2 is 1.96 bits per heavy atom. The summed E-state index contributed by atoms with van der Waals surface area (Å²) >= 11 is 0. The highest BCUT2D eigenvalue weighted by Gasteiger charge is 2.36. The molecule has 2 heterocycles. The third kappa shape index (κ3) is 3.35. The lowest BCUT2D eigenvalue weighted by atomic mass is 10.0. The van der Waals surface area contributed by atoms with Gasteiger partial charge >= 0.3 is 5.97 Å². The number of hydrogen-bond donors (Lipinski definition) is 1. The fourth-order valence-electron chi connectivity index (χ4n) is 2.64. The molecule has 0 spiro atoms. The lowest BCUT2D eigenvalue weighted by Gasteiger charge is -2.33. The van der Waals surface area contributed by atoms with Crippen molar-refractivity contribution in [2.24, 2.45) is 0 Å². The predicted molar refractivity (Wildman–Crippen MR) is 91.1 cm³/mol. The minimum atomic E-state index is -3.87. The summed E-state index contributed by atoms with van der Waals surface area (Å²) in [5.74, 6) is -1.83. The van der Waals surface area contributed by atoms with E-state index in [9.17, 15) is 18.3 Å². The van der Waals surface area contributed by atoms with E-state index >= 15 is 0 Å². The van der Waals surface area contributed by atoms with Crippen LogP contribution in [0.5, 0.6) is 11.5 Å². The van der Waals surface area contributed by atoms with E-state index in [4.69, 9.17) is 9.47 Å². The number of cyclic esters (lactones) is 1. The normalized spacial score (nSPS) is 15.9. The molecule has 0 radical (unpaired) electrons. The Morgan fingerprint density at radius 3 is 2.62 bits per heavy atom. The first kappa shape index (κ1) is 18.2. The smallest absolute Gasteiger partial charge is 0.345 e. The summed E-state index contributed by atoms with van der Waals surface area (Å²) in [5, 5.41) is 9.83. The lowest BCUT2D eigenvalue weighted by molar-refractivity contribution is -0.127. The number of aromatic hydroxyl groups is 1. The SMILES string of the molecule is CN(Cc1cc(O)cc2c1C(=O)OC(C)(C)O2)S(=O)(=O)c1ccccn1. The molecule has 0 fully saturated rings. The average Bonchev–Trinajstić information content (AvgIpc) is 2.53. The van der Waals surface area contributed by atoms with Crippen LogP contribution < -0.4 is 4.74 Å². The Bertz CT molecular complexity index is 957. The molecule has 3 rings (SSSR count). The van der Waals surface area contributed by atoms with E-state index in [1.165, 1.54) is 31.4 Å². The van der Waals surface area contributed by atoms with Gasteiger partial charge in [0.2, 0.25) is 5.79 Å². The number of nitrogens with zero attached hydrogens (tertiary/aromatic N) is 2. The van der Waals surface area contributed by atoms with Crippen molar-refractivity contribution < 1.29 is 27.8 Å². The van der Waals surface area contributed by atoms with E-state index in [-0.39, 0.29) is 34.2 Å². The minimum Gasteiger partial charge on any atom is -0.508 e. The molecule has 0 saturated carbocycles. The van der Waals surface area contributed by atoms with Gasteiger partial charge in [0.25, 0.3) is 10.0 Å². The van der Waals surface area contributed by atoms with Crippen LogP contribution in [-0.2, 0) is 21.3 Å². The fraction of sp³-hybridized carbons (Fsp3) is 0.294. The van der Waals surface area contributed by atoms with Crippen LogP contribution in [0.2, 0.25) is 0 Å². The molecule has 0 amide bonds. The van der Waals surface area contributed by atoms with Crippen LogP contribution in [0.3, 0.4) is 0 Å². The maximum atomic E-state index is 12.6. The van der Waals surface area contributed by atoms with Crippen LogP contribution >= 0.6 is 0 Å². The Balaban J connectivity index is 1.99. The van der Waals surface area contributed by atoms with Crippen molar-refractivity contribution in [1.29, 1.82) is 0 Å². The minimum absolute atomic E-state index is 0.0881. The van der Waals surface area contributed by atoms with Gasteiger partial charge in [-0.25, -0.2) is 18.2 Å². The van der Waals surface area contributed by atoms with E-state index in [1.54, 1.807) is 26.0 Å². The molecule has 0 saturated heterocycles. The molecule has 9 heteroatoms. The lowest BCUT2D eigenvalue weighted by Crippen LogP contribution is -2.39. The third-order valence-electron chi connectivity index (χ3n) is 3.77. The molecule has 2 aromatic rings. The van der Waals surface area contributed by atoms with Crippen molar-refractivity contribution >= 4 is 16.0 Å². The highest BCUT2D eigenvalue weighted by atomic mass is 32.2. The Morgan fingerprint density at radius 1 is 1.23 bits per heavy atom. The van der Waals surface area contributed by atoms with Gasteiger partial charge in [-0.3, -0.25) is 0 Å². The first-order chi connectivity index (χ1) is 12.1. The number of carbonyl (C=O) groups is 1. The molecule has 26 heavy (non-hydrogen) atoms. The van der Waals surface area contributed by atoms with Crippen molar-refractivity contribution in [3.8, 4) is 11.5 Å². The van der Waals surface area contributed by atoms with Crippen LogP contribution in [0.15, 0.2) is 41.6 Å². The summed E-state index contributed by atoms with van der Waals surface area (Å²) in [4.78, 5) is 16.2. The molecule has 0 atom stereocenters. The van der Waals surface area contributed by atoms with Crippen molar-refractivity contribution in [2.75, 3.05) is 7.05 Å². The summed E-state index contributed by atoms with van der Waals surface area (Å²) in [6.45, 7) is 2.96. The zero-order valence-electron chi connectivity index (χ0n) is 14.5. The number of phenols is 1. The molecule has 0 bridgehead atoms. The maximum Gasteiger partial charge on any atom is 0.345 e. The van der Waals surface area contributed by atoms with Gasteiger partial charge < -0.3 is 14.6 Å². The van der Waals surface area contributed by atoms with Crippen molar-refractivity contribution in [1.82, 2.24) is 9.29 Å². The fourth-order valence-corrected chi connectivity index (χ4v) is 3.71. The number of rotatable bonds is 4. The zero-order valence-corrected chi connectivity index (χ0v) is 15.3. The first-order valence-electron chi connectivity index (χ1n) is 7.76. The topological polar surface area (TPSA) is 106 Å². The quantitative estimate of drug-likeness (QED) is 0.810. The second-order valence-electron chi connectivity index (χ2n) is 6.30. The summed E-state index contributed by atoms with van der Waals surface area (Å²) < 4.78 is 37.1. The number of hydrogen-bond acceptors (Lipinski definition) is 7. The Labute approximate surface area is 151 Å². The number of fused-ring (bicyclic) bond motifs is 1. The molecular weight excluding hydrogens is 360 g/mol. The second kappa shape index (κ2) is 6.26. The van der Waals surface area contributed by atoms with Gasteiger partial charge in [-0.15, -0.1) is 0 Å². The van der Waals surface area contributed by atoms with Gasteiger partial charge in [-0.2, -0.15) is 4.31 Å². The average molecular weight is 378 g/mol. The van der Waals surface area contributed by atoms with Gasteiger partial charge in [0.15, 0.2) is 5.03 Å². The third-order valence-corrected chi connectivity index (χ3v) is 5.49. The number of sulfonamides is 1. The Hall–Kier alpha value is -2.65. The summed E-state index contributed by atoms with van der Waals surface area (Å²) in [6, 6.07) is 7.17. The molecule has 1 N–H and O–H groups in total. The standard InChI is InChI=1S/C17H18N2O6S/c1-17(2)24-13-9-12(20)8-11(15(13)16(21)25-17)10-19(3)26(22,23)14-6-4-5-7-18-14/h4-9,20H,10H2,1-3H3. The van der Waals surface area contributed by atoms with Gasteiger partial charge in [0, 0.05) is 39.7 Å². The molecular formula is C17H18N2O6S. The predicted octanol–water partition coefficient (Wildman–Crippen LogP) is 1.89. The summed E-state index contributed by atoms with van der Waals surface area (Å²) in [5.41, 5.74) is 0.354. The van der Waals surface area contributed by atoms with E-state index < -0.39 is 21.8 Å². The number of ether oxygens (including phenoxy) is 2. The number of phenolic OH excluding ortho intramolecular Hbond substituents is 1. The van der Waals surface area contributed by atoms with Gasteiger partial charge in [-0.05, 0) is 23.8 Å². The summed E-state index contributed by atoms with van der Waals surface area (Å²) in [7, 11) is -2.51. The van der Waals surface area contributed by atoms with Crippen LogP contribution in [-0.4, -0.2) is 41.6 Å². The van der Waals surface area contributed by atoms with Gasteiger partial charge in [0.05, 0.1) is 0 Å². The molecule has 138 valence electrons. The highest BCUT2D eigenvalue weighted by molar-refractivity contribution is 7.89. The van der Waals surface area contributed by atoms with Crippen molar-refractivity contribution in [2.45, 2.75) is 31.2 Å². The molecule has 0 aliphatic carbocycles. The van der Waals surface area contributed by atoms with E-state index in [0.29, 0.717) is 0 Å². The molecule has 0 unspecified atom stereocenters. The van der Waals surface area contributed by atoms with Crippen LogP contribution in [0.1, 0.15) is 29.8 Å². The second-order valence-corrected chi connectivity index (χ2v) is 8.29. The van der Waals surface area contributed by atoms with Crippen LogP contribution in [0.25, 0.3) is 0 Å². The molecule has 8 nitrogen and oxygen atoms in total. The number of esters is 1. The van der Waals surface area contributed by atoms with Crippen molar-refractivity contribution in [3.05, 3.63) is 47.7 Å². The number of carbonyl (C=O) groups excluding carboxylic acids is 1. The Kier molecular flexibility index (Phi) is 4.37. The van der Waals surface area contributed by atoms with Gasteiger partial charge in [-0.1, -0.05) is 6.07 Å². The summed E-state index contributed by atoms with van der Waals surface area (Å²) in [6.07, 6.45) is 1.38. The van der Waals surface area contributed by atoms with Crippen molar-refractivity contribution in [3.63, 3.8) is 0 Å². The van der Waals surface area contributed by atoms with Crippen LogP contribution in [0, 0.1) is 0 Å². The number of aromatic nitrogens is 1. The largest absolute Gasteiger partial charge is 0.508 e. The first-order valence-corrected chi connectivity index (χ1v) is 9.20. The van der Waals surface area contributed by atoms with Gasteiger partial charge in [0.1, 0.15) is 17.1 Å². The molecule has 1 aromatic heterocycles. The monoisotopic (exact) mass is 378 g/mol. The molecule has 1 aromatic carbocycles.